The van der Waals surface area contributed by atoms with Crippen molar-refractivity contribution in [1.82, 2.24) is 0 Å². The summed E-state index contributed by atoms with van der Waals surface area (Å²) >= 11 is 0. The van der Waals surface area contributed by atoms with Gasteiger partial charge in [0.1, 0.15) is 9.84 Å². The molecule has 1 aliphatic rings. The van der Waals surface area contributed by atoms with E-state index in [1.165, 1.54) is 6.26 Å². The van der Waals surface area contributed by atoms with Crippen LogP contribution < -0.4 is 10.6 Å². The fraction of sp³-hybridized carbons (Fsp3) is 0.538. The molecule has 0 bridgehead atoms. The van der Waals surface area contributed by atoms with Crippen LogP contribution in [0.5, 0.6) is 0 Å². The Balaban J connectivity index is 2.09. The SMILES string of the molecule is CS(=O)(=O)CCN(c1ccc(CN)cc1)C1CC1. The van der Waals surface area contributed by atoms with Crippen LogP contribution in [0, 0.1) is 0 Å². The standard InChI is InChI=1S/C13H20N2O2S/c1-18(16,17)9-8-15(13-6-7-13)12-4-2-11(10-14)3-5-12/h2-5,13H,6-10,14H2,1H3. The predicted octanol–water partition coefficient (Wildman–Crippen LogP) is 1.16. The van der Waals surface area contributed by atoms with E-state index in [9.17, 15) is 8.42 Å². The number of anilines is 1. The molecule has 0 radical (unpaired) electrons. The van der Waals surface area contributed by atoms with Crippen LogP contribution in [-0.2, 0) is 16.4 Å². The molecule has 1 saturated carbocycles. The van der Waals surface area contributed by atoms with Crippen molar-refractivity contribution in [3.8, 4) is 0 Å². The molecule has 100 valence electrons. The number of nitrogens with zero attached hydrogens (tertiary/aromatic N) is 1. The Morgan fingerprint density at radius 1 is 1.28 bits per heavy atom. The first-order chi connectivity index (χ1) is 8.49. The van der Waals surface area contributed by atoms with E-state index in [1.54, 1.807) is 0 Å². The minimum Gasteiger partial charge on any atom is -0.368 e. The average molecular weight is 268 g/mol. The second-order valence-electron chi connectivity index (χ2n) is 4.93. The molecule has 18 heavy (non-hydrogen) atoms. The molecule has 0 heterocycles. The van der Waals surface area contributed by atoms with Crippen molar-refractivity contribution in [3.05, 3.63) is 29.8 Å². The smallest absolute Gasteiger partial charge is 0.149 e. The van der Waals surface area contributed by atoms with Gasteiger partial charge in [-0.3, -0.25) is 0 Å². The summed E-state index contributed by atoms with van der Waals surface area (Å²) in [5, 5.41) is 0. The van der Waals surface area contributed by atoms with Crippen LogP contribution in [-0.4, -0.2) is 33.0 Å². The number of hydrogen-bond acceptors (Lipinski definition) is 4. The second-order valence-corrected chi connectivity index (χ2v) is 7.18. The van der Waals surface area contributed by atoms with E-state index in [-0.39, 0.29) is 5.75 Å². The van der Waals surface area contributed by atoms with Gasteiger partial charge in [0.2, 0.25) is 0 Å². The molecule has 1 fully saturated rings. The molecule has 1 aromatic rings. The number of nitrogens with two attached hydrogens (primary N) is 1. The lowest BCUT2D eigenvalue weighted by Gasteiger charge is -2.24. The summed E-state index contributed by atoms with van der Waals surface area (Å²) in [5.41, 5.74) is 7.76. The molecular weight excluding hydrogens is 248 g/mol. The molecule has 1 aliphatic carbocycles. The predicted molar refractivity (Wildman–Crippen MR) is 74.4 cm³/mol. The highest BCUT2D eigenvalue weighted by Gasteiger charge is 2.29. The minimum absolute atomic E-state index is 0.210. The number of hydrogen-bond donors (Lipinski definition) is 1. The summed E-state index contributed by atoms with van der Waals surface area (Å²) in [4.78, 5) is 2.20. The zero-order valence-corrected chi connectivity index (χ0v) is 11.5. The van der Waals surface area contributed by atoms with Crippen LogP contribution in [0.15, 0.2) is 24.3 Å². The van der Waals surface area contributed by atoms with Gasteiger partial charge in [0, 0.05) is 31.1 Å². The third-order valence-corrected chi connectivity index (χ3v) is 4.12. The van der Waals surface area contributed by atoms with Crippen molar-refractivity contribution >= 4 is 15.5 Å². The molecule has 0 aliphatic heterocycles. The summed E-state index contributed by atoms with van der Waals surface area (Å²) in [6.07, 6.45) is 3.60. The highest BCUT2D eigenvalue weighted by Crippen LogP contribution is 2.31. The summed E-state index contributed by atoms with van der Waals surface area (Å²) in [7, 11) is -2.91. The third-order valence-electron chi connectivity index (χ3n) is 3.19. The van der Waals surface area contributed by atoms with Gasteiger partial charge in [-0.1, -0.05) is 12.1 Å². The Morgan fingerprint density at radius 3 is 2.33 bits per heavy atom. The largest absolute Gasteiger partial charge is 0.368 e. The Kier molecular flexibility index (Phi) is 3.92. The lowest BCUT2D eigenvalue weighted by atomic mass is 10.2. The molecule has 0 spiro atoms. The highest BCUT2D eigenvalue weighted by atomic mass is 32.2. The molecular formula is C13H20N2O2S. The van der Waals surface area contributed by atoms with E-state index in [1.807, 2.05) is 24.3 Å². The maximum atomic E-state index is 11.3. The average Bonchev–Trinajstić information content (AvgIpc) is 3.13. The number of sulfone groups is 1. The second kappa shape index (κ2) is 5.28. The summed E-state index contributed by atoms with van der Waals surface area (Å²) < 4.78 is 22.5. The molecule has 0 amide bonds. The van der Waals surface area contributed by atoms with Crippen LogP contribution in [0.1, 0.15) is 18.4 Å². The first kappa shape index (κ1) is 13.4. The van der Waals surface area contributed by atoms with Gasteiger partial charge in [0.05, 0.1) is 5.75 Å². The van der Waals surface area contributed by atoms with Crippen LogP contribution in [0.4, 0.5) is 5.69 Å². The molecule has 0 unspecified atom stereocenters. The Hall–Kier alpha value is -1.07. The molecule has 0 saturated heterocycles. The van der Waals surface area contributed by atoms with Crippen molar-refractivity contribution < 1.29 is 8.42 Å². The van der Waals surface area contributed by atoms with Crippen molar-refractivity contribution in [2.45, 2.75) is 25.4 Å². The topological polar surface area (TPSA) is 63.4 Å². The first-order valence-electron chi connectivity index (χ1n) is 6.23. The van der Waals surface area contributed by atoms with Gasteiger partial charge in [-0.25, -0.2) is 8.42 Å². The van der Waals surface area contributed by atoms with Gasteiger partial charge < -0.3 is 10.6 Å². The van der Waals surface area contributed by atoms with Crippen LogP contribution in [0.2, 0.25) is 0 Å². The van der Waals surface area contributed by atoms with Crippen LogP contribution in [0.3, 0.4) is 0 Å². The fourth-order valence-corrected chi connectivity index (χ4v) is 2.52. The molecule has 1 aromatic carbocycles. The van der Waals surface area contributed by atoms with Gasteiger partial charge in [-0.05, 0) is 30.5 Å². The minimum atomic E-state index is -2.91. The van der Waals surface area contributed by atoms with Crippen LogP contribution in [0.25, 0.3) is 0 Å². The summed E-state index contributed by atoms with van der Waals surface area (Å²) in [6, 6.07) is 8.58. The lowest BCUT2D eigenvalue weighted by molar-refractivity contribution is 0.600. The van der Waals surface area contributed by atoms with Crippen molar-refractivity contribution in [3.63, 3.8) is 0 Å². The molecule has 0 aromatic heterocycles. The zero-order chi connectivity index (χ0) is 13.2. The highest BCUT2D eigenvalue weighted by molar-refractivity contribution is 7.90. The normalized spacial score (nSPS) is 15.7. The number of rotatable bonds is 6. The van der Waals surface area contributed by atoms with E-state index >= 15 is 0 Å². The molecule has 0 atom stereocenters. The summed E-state index contributed by atoms with van der Waals surface area (Å²) in [5.74, 6) is 0.210. The van der Waals surface area contributed by atoms with Crippen molar-refractivity contribution in [2.24, 2.45) is 5.73 Å². The van der Waals surface area contributed by atoms with Gasteiger partial charge in [-0.2, -0.15) is 0 Å². The number of benzene rings is 1. The Labute approximate surface area is 109 Å². The van der Waals surface area contributed by atoms with Gasteiger partial charge in [0.15, 0.2) is 0 Å². The van der Waals surface area contributed by atoms with Crippen LogP contribution >= 0.6 is 0 Å². The maximum Gasteiger partial charge on any atom is 0.149 e. The molecule has 2 N–H and O–H groups in total. The lowest BCUT2D eigenvalue weighted by Crippen LogP contribution is -2.31. The summed E-state index contributed by atoms with van der Waals surface area (Å²) in [6.45, 7) is 1.11. The van der Waals surface area contributed by atoms with Gasteiger partial charge in [0.25, 0.3) is 0 Å². The van der Waals surface area contributed by atoms with Gasteiger partial charge in [-0.15, -0.1) is 0 Å². The van der Waals surface area contributed by atoms with E-state index in [0.29, 0.717) is 19.1 Å². The fourth-order valence-electron chi connectivity index (χ4n) is 2.00. The van der Waals surface area contributed by atoms with Gasteiger partial charge >= 0.3 is 0 Å². The monoisotopic (exact) mass is 268 g/mol. The Bertz CT molecular complexity index is 492. The Morgan fingerprint density at radius 2 is 1.89 bits per heavy atom. The molecule has 2 rings (SSSR count). The van der Waals surface area contributed by atoms with E-state index in [2.05, 4.69) is 4.90 Å². The first-order valence-corrected chi connectivity index (χ1v) is 8.29. The molecule has 5 heteroatoms. The maximum absolute atomic E-state index is 11.3. The van der Waals surface area contributed by atoms with E-state index < -0.39 is 9.84 Å². The quantitative estimate of drug-likeness (QED) is 0.841. The van der Waals surface area contributed by atoms with E-state index in [0.717, 1.165) is 24.1 Å². The third kappa shape index (κ3) is 3.71. The van der Waals surface area contributed by atoms with Crippen molar-refractivity contribution in [1.29, 1.82) is 0 Å². The van der Waals surface area contributed by atoms with E-state index in [4.69, 9.17) is 5.73 Å². The van der Waals surface area contributed by atoms with Crippen molar-refractivity contribution in [2.75, 3.05) is 23.5 Å². The molecule has 4 nitrogen and oxygen atoms in total. The zero-order valence-electron chi connectivity index (χ0n) is 10.7.